The minimum atomic E-state index is 0.266. The Balaban J connectivity index is 2.68. The van der Waals surface area contributed by atoms with E-state index in [1.807, 2.05) is 6.07 Å². The molecular weight excluding hydrogens is 222 g/mol. The second-order valence-electron chi connectivity index (χ2n) is 1.89. The van der Waals surface area contributed by atoms with E-state index in [0.29, 0.717) is 12.5 Å². The van der Waals surface area contributed by atoms with Gasteiger partial charge in [0.15, 0.2) is 5.69 Å². The minimum absolute atomic E-state index is 0.266. The molecule has 0 fully saturated rings. The number of nitriles is 1. The third-order valence-corrected chi connectivity index (χ3v) is 1.38. The van der Waals surface area contributed by atoms with Gasteiger partial charge >= 0.3 is 0 Å². The molecule has 1 rings (SSSR count). The normalized spacial score (nSPS) is 9.00. The quantitative estimate of drug-likeness (QED) is 0.727. The monoisotopic (exact) mass is 227 g/mol. The number of ether oxygens (including phenoxy) is 1. The van der Waals surface area contributed by atoms with Crippen LogP contribution in [0.5, 0.6) is 5.88 Å². The molecule has 0 spiro atoms. The van der Waals surface area contributed by atoms with E-state index in [1.54, 1.807) is 0 Å². The van der Waals surface area contributed by atoms with E-state index in [1.165, 1.54) is 12.4 Å². The fourth-order valence-electron chi connectivity index (χ4n) is 0.615. The van der Waals surface area contributed by atoms with Gasteiger partial charge in [-0.05, 0) is 0 Å². The molecule has 0 bridgehead atoms. The highest BCUT2D eigenvalue weighted by Gasteiger charge is 1.96. The molecule has 0 unspecified atom stereocenters. The molecule has 1 aromatic rings. The zero-order valence-corrected chi connectivity index (χ0v) is 7.78. The van der Waals surface area contributed by atoms with Crippen LogP contribution in [0.25, 0.3) is 0 Å². The number of rotatable bonds is 3. The summed E-state index contributed by atoms with van der Waals surface area (Å²) in [6.45, 7) is 0.517. The van der Waals surface area contributed by atoms with Gasteiger partial charge in [-0.3, -0.25) is 4.98 Å². The number of alkyl halides is 1. The van der Waals surface area contributed by atoms with Gasteiger partial charge in [-0.2, -0.15) is 10.2 Å². The Labute approximate surface area is 78.3 Å². The first kappa shape index (κ1) is 8.94. The first-order valence-corrected chi connectivity index (χ1v) is 4.40. The van der Waals surface area contributed by atoms with E-state index in [-0.39, 0.29) is 5.69 Å². The molecule has 1 heterocycles. The van der Waals surface area contributed by atoms with Gasteiger partial charge < -0.3 is 4.74 Å². The number of aromatic nitrogens is 2. The third kappa shape index (κ3) is 2.47. The second kappa shape index (κ2) is 4.67. The van der Waals surface area contributed by atoms with Crippen LogP contribution in [0.3, 0.4) is 0 Å². The third-order valence-electron chi connectivity index (χ3n) is 1.05. The molecule has 12 heavy (non-hydrogen) atoms. The Kier molecular flexibility index (Phi) is 3.48. The molecule has 4 nitrogen and oxygen atoms in total. The van der Waals surface area contributed by atoms with Gasteiger partial charge in [0, 0.05) is 5.33 Å². The fourth-order valence-corrected chi connectivity index (χ4v) is 0.777. The first-order valence-electron chi connectivity index (χ1n) is 3.27. The summed E-state index contributed by atoms with van der Waals surface area (Å²) in [5.41, 5.74) is 0.266. The predicted octanol–water partition coefficient (Wildman–Crippen LogP) is 1.12. The van der Waals surface area contributed by atoms with E-state index in [4.69, 9.17) is 10.00 Å². The largest absolute Gasteiger partial charge is 0.476 e. The lowest BCUT2D eigenvalue weighted by atomic mass is 10.5. The summed E-state index contributed by atoms with van der Waals surface area (Å²) in [6.07, 6.45) is 2.87. The van der Waals surface area contributed by atoms with E-state index in [0.717, 1.165) is 5.33 Å². The smallest absolute Gasteiger partial charge is 0.233 e. The van der Waals surface area contributed by atoms with Crippen LogP contribution in [0, 0.1) is 11.3 Å². The van der Waals surface area contributed by atoms with Crippen LogP contribution in [-0.4, -0.2) is 21.9 Å². The maximum absolute atomic E-state index is 8.47. The average Bonchev–Trinajstić information content (AvgIpc) is 2.15. The molecule has 5 heteroatoms. The standard InChI is InChI=1S/C7H6BrN3O/c8-1-2-12-7-5-10-4-6(3-9)11-7/h4-5H,1-2H2. The number of nitrogens with zero attached hydrogens (tertiary/aromatic N) is 3. The first-order chi connectivity index (χ1) is 5.86. The van der Waals surface area contributed by atoms with Crippen LogP contribution in [0.4, 0.5) is 0 Å². The van der Waals surface area contributed by atoms with Crippen LogP contribution in [0.1, 0.15) is 5.69 Å². The second-order valence-corrected chi connectivity index (χ2v) is 2.68. The number of hydrogen-bond acceptors (Lipinski definition) is 4. The van der Waals surface area contributed by atoms with Gasteiger partial charge in [0.2, 0.25) is 5.88 Å². The molecule has 0 N–H and O–H groups in total. The van der Waals surface area contributed by atoms with Crippen LogP contribution in [0.15, 0.2) is 12.4 Å². The molecule has 0 atom stereocenters. The van der Waals surface area contributed by atoms with Gasteiger partial charge in [-0.1, -0.05) is 15.9 Å². The van der Waals surface area contributed by atoms with Crippen molar-refractivity contribution in [2.45, 2.75) is 0 Å². The lowest BCUT2D eigenvalue weighted by molar-refractivity contribution is 0.329. The summed E-state index contributed by atoms with van der Waals surface area (Å²) in [4.78, 5) is 7.65. The summed E-state index contributed by atoms with van der Waals surface area (Å²) in [6, 6.07) is 1.88. The predicted molar refractivity (Wildman–Crippen MR) is 46.0 cm³/mol. The highest BCUT2D eigenvalue weighted by molar-refractivity contribution is 9.09. The molecule has 0 aromatic carbocycles. The van der Waals surface area contributed by atoms with Gasteiger partial charge in [0.25, 0.3) is 0 Å². The SMILES string of the molecule is N#Cc1cncc(OCCBr)n1. The van der Waals surface area contributed by atoms with Crippen molar-refractivity contribution in [3.8, 4) is 11.9 Å². The average molecular weight is 228 g/mol. The minimum Gasteiger partial charge on any atom is -0.476 e. The maximum Gasteiger partial charge on any atom is 0.233 e. The van der Waals surface area contributed by atoms with E-state index >= 15 is 0 Å². The van der Waals surface area contributed by atoms with Gasteiger partial charge in [0.05, 0.1) is 19.0 Å². The van der Waals surface area contributed by atoms with Crippen molar-refractivity contribution in [2.75, 3.05) is 11.9 Å². The Bertz CT molecular complexity index is 297. The maximum atomic E-state index is 8.47. The Hall–Kier alpha value is -1.15. The van der Waals surface area contributed by atoms with Crippen molar-refractivity contribution in [3.63, 3.8) is 0 Å². The number of hydrogen-bond donors (Lipinski definition) is 0. The molecule has 0 aliphatic rings. The van der Waals surface area contributed by atoms with Gasteiger partial charge in [-0.15, -0.1) is 0 Å². The molecule has 0 saturated heterocycles. The summed E-state index contributed by atoms with van der Waals surface area (Å²) in [5, 5.41) is 9.20. The molecular formula is C7H6BrN3O. The highest BCUT2D eigenvalue weighted by atomic mass is 79.9. The zero-order valence-electron chi connectivity index (χ0n) is 6.20. The Morgan fingerprint density at radius 3 is 3.08 bits per heavy atom. The van der Waals surface area contributed by atoms with E-state index in [2.05, 4.69) is 25.9 Å². The fraction of sp³-hybridized carbons (Fsp3) is 0.286. The van der Waals surface area contributed by atoms with Crippen molar-refractivity contribution < 1.29 is 4.74 Å². The van der Waals surface area contributed by atoms with Crippen molar-refractivity contribution in [2.24, 2.45) is 0 Å². The van der Waals surface area contributed by atoms with Gasteiger partial charge in [0.1, 0.15) is 6.07 Å². The summed E-state index contributed by atoms with van der Waals surface area (Å²) >= 11 is 3.20. The summed E-state index contributed by atoms with van der Waals surface area (Å²) < 4.78 is 5.13. The van der Waals surface area contributed by atoms with Crippen molar-refractivity contribution in [1.82, 2.24) is 9.97 Å². The van der Waals surface area contributed by atoms with Crippen molar-refractivity contribution in [3.05, 3.63) is 18.1 Å². The number of halogens is 1. The molecule has 0 aliphatic heterocycles. The van der Waals surface area contributed by atoms with Crippen molar-refractivity contribution >= 4 is 15.9 Å². The highest BCUT2D eigenvalue weighted by Crippen LogP contribution is 2.03. The Morgan fingerprint density at radius 1 is 1.58 bits per heavy atom. The topological polar surface area (TPSA) is 58.8 Å². The van der Waals surface area contributed by atoms with Crippen LogP contribution in [0.2, 0.25) is 0 Å². The Morgan fingerprint density at radius 2 is 2.42 bits per heavy atom. The molecule has 0 saturated carbocycles. The molecule has 0 amide bonds. The van der Waals surface area contributed by atoms with Crippen LogP contribution < -0.4 is 4.74 Å². The summed E-state index contributed by atoms with van der Waals surface area (Å²) in [5.74, 6) is 0.383. The lowest BCUT2D eigenvalue weighted by Crippen LogP contribution is -2.00. The van der Waals surface area contributed by atoms with Crippen LogP contribution >= 0.6 is 15.9 Å². The summed E-state index contributed by atoms with van der Waals surface area (Å²) in [7, 11) is 0. The molecule has 0 radical (unpaired) electrons. The molecule has 1 aromatic heterocycles. The lowest BCUT2D eigenvalue weighted by Gasteiger charge is -2.00. The van der Waals surface area contributed by atoms with Gasteiger partial charge in [-0.25, -0.2) is 0 Å². The molecule has 62 valence electrons. The van der Waals surface area contributed by atoms with Crippen molar-refractivity contribution in [1.29, 1.82) is 5.26 Å². The van der Waals surface area contributed by atoms with E-state index < -0.39 is 0 Å². The van der Waals surface area contributed by atoms with E-state index in [9.17, 15) is 0 Å². The van der Waals surface area contributed by atoms with Crippen LogP contribution in [-0.2, 0) is 0 Å². The zero-order chi connectivity index (χ0) is 8.81. The molecule has 0 aliphatic carbocycles.